The van der Waals surface area contributed by atoms with Crippen molar-refractivity contribution in [3.8, 4) is 0 Å². The molecule has 0 unspecified atom stereocenters. The van der Waals surface area contributed by atoms with Crippen LogP contribution in [0.2, 0.25) is 13.1 Å². The van der Waals surface area contributed by atoms with Gasteiger partial charge in [-0.05, 0) is 5.56 Å². The predicted molar refractivity (Wildman–Crippen MR) is 79.0 cm³/mol. The molecule has 0 spiro atoms. The molecule has 17 heavy (non-hydrogen) atoms. The summed E-state index contributed by atoms with van der Waals surface area (Å²) in [5.41, 5.74) is 3.68. The quantitative estimate of drug-likeness (QED) is 0.712. The summed E-state index contributed by atoms with van der Waals surface area (Å²) < 4.78 is 0. The van der Waals surface area contributed by atoms with Crippen LogP contribution in [-0.2, 0) is 0 Å². The average molecular weight is 238 g/mol. The first kappa shape index (κ1) is 11.9. The third-order valence-corrected chi connectivity index (χ3v) is 5.83. The Balaban J connectivity index is 2.21. The van der Waals surface area contributed by atoms with Crippen molar-refractivity contribution in [2.75, 3.05) is 0 Å². The van der Waals surface area contributed by atoms with Crippen LogP contribution in [-0.4, -0.2) is 8.07 Å². The standard InChI is InChI=1S/C16H18Si/c1-17(2,16-11-7-4-8-12-16)14-13-15-9-5-3-6-10-15/h3-14H,1-2H3/b14-13-. The number of hydrogen-bond donors (Lipinski definition) is 0. The summed E-state index contributed by atoms with van der Waals surface area (Å²) in [6.07, 6.45) is 2.25. The molecule has 0 amide bonds. The molecular formula is C16H18Si. The molecule has 1 heteroatoms. The van der Waals surface area contributed by atoms with Gasteiger partial charge in [-0.3, -0.25) is 0 Å². The van der Waals surface area contributed by atoms with Crippen LogP contribution in [0.4, 0.5) is 0 Å². The van der Waals surface area contributed by atoms with Gasteiger partial charge in [-0.2, -0.15) is 0 Å². The van der Waals surface area contributed by atoms with E-state index in [2.05, 4.69) is 85.5 Å². The van der Waals surface area contributed by atoms with Crippen LogP contribution in [0.25, 0.3) is 6.08 Å². The van der Waals surface area contributed by atoms with Crippen LogP contribution in [0.15, 0.2) is 66.4 Å². The monoisotopic (exact) mass is 238 g/mol. The third-order valence-electron chi connectivity index (χ3n) is 3.01. The highest BCUT2D eigenvalue weighted by molar-refractivity contribution is 6.94. The van der Waals surface area contributed by atoms with Crippen LogP contribution < -0.4 is 5.19 Å². The van der Waals surface area contributed by atoms with Gasteiger partial charge < -0.3 is 0 Å². The summed E-state index contributed by atoms with van der Waals surface area (Å²) in [6, 6.07) is 21.3. The number of rotatable bonds is 3. The van der Waals surface area contributed by atoms with Gasteiger partial charge in [0.15, 0.2) is 0 Å². The van der Waals surface area contributed by atoms with Gasteiger partial charge in [0.05, 0.1) is 0 Å². The molecular weight excluding hydrogens is 220 g/mol. The van der Waals surface area contributed by atoms with E-state index in [1.165, 1.54) is 10.8 Å². The first-order valence-electron chi connectivity index (χ1n) is 5.98. The van der Waals surface area contributed by atoms with E-state index in [0.717, 1.165) is 0 Å². The van der Waals surface area contributed by atoms with Gasteiger partial charge in [0, 0.05) is 0 Å². The Bertz CT molecular complexity index is 483. The maximum atomic E-state index is 2.40. The van der Waals surface area contributed by atoms with E-state index in [1.807, 2.05) is 0 Å². The molecule has 0 heterocycles. The third kappa shape index (κ3) is 3.18. The van der Waals surface area contributed by atoms with Crippen molar-refractivity contribution in [3.05, 3.63) is 71.9 Å². The molecule has 2 aromatic carbocycles. The van der Waals surface area contributed by atoms with E-state index in [0.29, 0.717) is 0 Å². The highest BCUT2D eigenvalue weighted by Crippen LogP contribution is 2.09. The maximum Gasteiger partial charge on any atom is 0.104 e. The van der Waals surface area contributed by atoms with Crippen molar-refractivity contribution < 1.29 is 0 Å². The lowest BCUT2D eigenvalue weighted by atomic mass is 10.2. The summed E-state index contributed by atoms with van der Waals surface area (Å²) in [5, 5.41) is 1.48. The molecule has 0 aliphatic rings. The largest absolute Gasteiger partial charge is 0.104 e. The second kappa shape index (κ2) is 5.15. The van der Waals surface area contributed by atoms with E-state index >= 15 is 0 Å². The first-order valence-corrected chi connectivity index (χ1v) is 9.06. The van der Waals surface area contributed by atoms with Crippen LogP contribution in [0.3, 0.4) is 0 Å². The predicted octanol–water partition coefficient (Wildman–Crippen LogP) is 3.85. The molecule has 0 nitrogen and oxygen atoms in total. The summed E-state index contributed by atoms with van der Waals surface area (Å²) >= 11 is 0. The fourth-order valence-electron chi connectivity index (χ4n) is 1.83. The van der Waals surface area contributed by atoms with Crippen LogP contribution in [0.1, 0.15) is 5.56 Å². The van der Waals surface area contributed by atoms with Gasteiger partial charge in [-0.1, -0.05) is 90.7 Å². The SMILES string of the molecule is C[Si](C)(/C=C\c1ccccc1)c1ccccc1. The van der Waals surface area contributed by atoms with Crippen molar-refractivity contribution in [3.63, 3.8) is 0 Å². The van der Waals surface area contributed by atoms with Gasteiger partial charge in [-0.25, -0.2) is 0 Å². The average Bonchev–Trinajstić information content (AvgIpc) is 2.39. The van der Waals surface area contributed by atoms with Crippen LogP contribution in [0, 0.1) is 0 Å². The second-order valence-electron chi connectivity index (χ2n) is 4.83. The zero-order valence-corrected chi connectivity index (χ0v) is 11.4. The summed E-state index contributed by atoms with van der Waals surface area (Å²) in [5.74, 6) is 0. The smallest absolute Gasteiger partial charge is 0.0897 e. The molecule has 0 aliphatic carbocycles. The van der Waals surface area contributed by atoms with Crippen molar-refractivity contribution in [2.45, 2.75) is 13.1 Å². The molecule has 0 saturated heterocycles. The van der Waals surface area contributed by atoms with Crippen LogP contribution >= 0.6 is 0 Å². The molecule has 0 radical (unpaired) electrons. The van der Waals surface area contributed by atoms with Gasteiger partial charge in [-0.15, -0.1) is 0 Å². The second-order valence-corrected chi connectivity index (χ2v) is 9.19. The fourth-order valence-corrected chi connectivity index (χ4v) is 3.69. The van der Waals surface area contributed by atoms with Gasteiger partial charge in [0.2, 0.25) is 0 Å². The topological polar surface area (TPSA) is 0 Å². The number of benzene rings is 2. The summed E-state index contributed by atoms with van der Waals surface area (Å²) in [4.78, 5) is 0. The van der Waals surface area contributed by atoms with Crippen molar-refractivity contribution in [2.24, 2.45) is 0 Å². The van der Waals surface area contributed by atoms with E-state index in [9.17, 15) is 0 Å². The Morgan fingerprint density at radius 1 is 0.765 bits per heavy atom. The molecule has 0 N–H and O–H groups in total. The summed E-state index contributed by atoms with van der Waals surface area (Å²) in [7, 11) is -1.44. The molecule has 0 aromatic heterocycles. The van der Waals surface area contributed by atoms with Gasteiger partial charge in [0.25, 0.3) is 0 Å². The molecule has 0 aliphatic heterocycles. The van der Waals surface area contributed by atoms with E-state index < -0.39 is 8.07 Å². The van der Waals surface area contributed by atoms with Crippen molar-refractivity contribution >= 4 is 19.3 Å². The lowest BCUT2D eigenvalue weighted by molar-refractivity contribution is 1.66. The molecule has 0 bridgehead atoms. The fraction of sp³-hybridized carbons (Fsp3) is 0.125. The van der Waals surface area contributed by atoms with Crippen molar-refractivity contribution in [1.82, 2.24) is 0 Å². The summed E-state index contributed by atoms with van der Waals surface area (Å²) in [6.45, 7) is 4.75. The molecule has 2 rings (SSSR count). The Morgan fingerprint density at radius 3 is 1.88 bits per heavy atom. The van der Waals surface area contributed by atoms with E-state index in [4.69, 9.17) is 0 Å². The number of hydrogen-bond acceptors (Lipinski definition) is 0. The zero-order valence-electron chi connectivity index (χ0n) is 10.4. The molecule has 0 fully saturated rings. The zero-order chi connectivity index (χ0) is 12.1. The van der Waals surface area contributed by atoms with Gasteiger partial charge >= 0.3 is 0 Å². The first-order chi connectivity index (χ1) is 8.18. The normalized spacial score (nSPS) is 11.9. The molecule has 2 aromatic rings. The van der Waals surface area contributed by atoms with Gasteiger partial charge in [0.1, 0.15) is 8.07 Å². The van der Waals surface area contributed by atoms with E-state index in [-0.39, 0.29) is 0 Å². The highest BCUT2D eigenvalue weighted by Gasteiger charge is 2.18. The Morgan fingerprint density at radius 2 is 1.29 bits per heavy atom. The maximum absolute atomic E-state index is 2.40. The molecule has 86 valence electrons. The highest BCUT2D eigenvalue weighted by atomic mass is 28.3. The Hall–Kier alpha value is -1.60. The molecule has 0 saturated carbocycles. The van der Waals surface area contributed by atoms with Crippen molar-refractivity contribution in [1.29, 1.82) is 0 Å². The Kier molecular flexibility index (Phi) is 3.60. The minimum absolute atomic E-state index is 1.28. The minimum Gasteiger partial charge on any atom is -0.0897 e. The lowest BCUT2D eigenvalue weighted by Gasteiger charge is -2.18. The minimum atomic E-state index is -1.44. The lowest BCUT2D eigenvalue weighted by Crippen LogP contribution is -2.39. The van der Waals surface area contributed by atoms with Crippen LogP contribution in [0.5, 0.6) is 0 Å². The molecule has 0 atom stereocenters. The Labute approximate surface area is 105 Å². The van der Waals surface area contributed by atoms with E-state index in [1.54, 1.807) is 0 Å².